The van der Waals surface area contributed by atoms with Gasteiger partial charge in [0.1, 0.15) is 23.8 Å². The fourth-order valence-electron chi connectivity index (χ4n) is 2.95. The number of aliphatic hydroxyl groups excluding tert-OH is 1. The minimum Gasteiger partial charge on any atom is -0.387 e. The van der Waals surface area contributed by atoms with E-state index in [0.29, 0.717) is 0 Å². The second-order valence-corrected chi connectivity index (χ2v) is 10.9. The van der Waals surface area contributed by atoms with Gasteiger partial charge in [0.15, 0.2) is 17.7 Å². The first-order valence-corrected chi connectivity index (χ1v) is 13.0. The SMILES string of the molecule is COC1C(O)C(COP(=O)(O)OP(=O)(O)OP(=O)(O)O)OC1n1cnc2c(N)nc(N)nc21. The third-order valence-corrected chi connectivity index (χ3v) is 7.95. The van der Waals surface area contributed by atoms with Crippen molar-refractivity contribution >= 4 is 46.4 Å². The van der Waals surface area contributed by atoms with E-state index in [-0.39, 0.29) is 22.9 Å². The molecule has 2 aromatic heterocycles. The number of aromatic nitrogens is 4. The van der Waals surface area contributed by atoms with Crippen LogP contribution in [0.4, 0.5) is 11.8 Å². The van der Waals surface area contributed by atoms with E-state index in [2.05, 4.69) is 28.1 Å². The lowest BCUT2D eigenvalue weighted by Crippen LogP contribution is -2.35. The molecule has 19 nitrogen and oxygen atoms in total. The summed E-state index contributed by atoms with van der Waals surface area (Å²) in [7, 11) is -15.4. The number of rotatable bonds is 9. The van der Waals surface area contributed by atoms with E-state index in [1.54, 1.807) is 0 Å². The molecule has 22 heteroatoms. The number of fused-ring (bicyclic) bond motifs is 1. The van der Waals surface area contributed by atoms with Crippen LogP contribution in [-0.4, -0.2) is 76.2 Å². The van der Waals surface area contributed by atoms with Crippen LogP contribution in [-0.2, 0) is 36.3 Å². The molecule has 33 heavy (non-hydrogen) atoms. The number of hydrogen-bond donors (Lipinski definition) is 7. The lowest BCUT2D eigenvalue weighted by Gasteiger charge is -2.20. The van der Waals surface area contributed by atoms with Gasteiger partial charge in [-0.15, -0.1) is 0 Å². The van der Waals surface area contributed by atoms with Crippen molar-refractivity contribution in [1.29, 1.82) is 0 Å². The molecule has 1 saturated heterocycles. The molecule has 0 aliphatic carbocycles. The molecule has 0 spiro atoms. The predicted molar refractivity (Wildman–Crippen MR) is 105 cm³/mol. The van der Waals surface area contributed by atoms with E-state index in [4.69, 9.17) is 30.7 Å². The Balaban J connectivity index is 1.75. The third-order valence-electron chi connectivity index (χ3n) is 4.14. The fraction of sp³-hybridized carbons (Fsp3) is 0.545. The fourth-order valence-corrected chi connectivity index (χ4v) is 5.98. The van der Waals surface area contributed by atoms with E-state index in [1.807, 2.05) is 0 Å². The van der Waals surface area contributed by atoms with Crippen molar-refractivity contribution in [1.82, 2.24) is 19.5 Å². The van der Waals surface area contributed by atoms with Gasteiger partial charge in [-0.25, -0.2) is 18.7 Å². The standard InChI is InChI=1S/C11H19N6O13P3/c1-26-7-6(18)4(2-27-32(22,23)30-33(24,25)29-31(19,20)21)28-10(7)17-3-14-5-8(12)15-11(13)16-9(5)17/h3-4,6-7,10,18H,2H2,1H3,(H,22,23)(H,24,25)(H2,19,20,21)(H4,12,13,15,16). The van der Waals surface area contributed by atoms with Crippen molar-refractivity contribution in [2.75, 3.05) is 25.2 Å². The molecule has 0 amide bonds. The average molecular weight is 536 g/mol. The first-order valence-electron chi connectivity index (χ1n) is 8.52. The second-order valence-electron chi connectivity index (χ2n) is 6.43. The first-order chi connectivity index (χ1) is 15.1. The number of nitrogen functional groups attached to an aromatic ring is 2. The molecular weight excluding hydrogens is 517 g/mol. The zero-order chi connectivity index (χ0) is 24.8. The maximum atomic E-state index is 11.9. The largest absolute Gasteiger partial charge is 0.490 e. The molecule has 2 aromatic rings. The molecule has 1 fully saturated rings. The summed E-state index contributed by atoms with van der Waals surface area (Å²) in [5.41, 5.74) is 11.7. The number of phosphoric ester groups is 1. The number of hydrogen-bond acceptors (Lipinski definition) is 14. The summed E-state index contributed by atoms with van der Waals surface area (Å²) in [5.74, 6) is -0.188. The smallest absolute Gasteiger partial charge is 0.387 e. The van der Waals surface area contributed by atoms with Crippen LogP contribution in [0.2, 0.25) is 0 Å². The van der Waals surface area contributed by atoms with Crippen molar-refractivity contribution in [2.24, 2.45) is 0 Å². The van der Waals surface area contributed by atoms with Crippen molar-refractivity contribution in [3.8, 4) is 0 Å². The van der Waals surface area contributed by atoms with E-state index >= 15 is 0 Å². The van der Waals surface area contributed by atoms with Gasteiger partial charge >= 0.3 is 23.5 Å². The molecule has 0 radical (unpaired) electrons. The Morgan fingerprint density at radius 3 is 2.39 bits per heavy atom. The molecule has 9 N–H and O–H groups in total. The molecule has 6 unspecified atom stereocenters. The topological polar surface area (TPSA) is 294 Å². The minimum absolute atomic E-state index is 0.0204. The highest BCUT2D eigenvalue weighted by Gasteiger charge is 2.48. The highest BCUT2D eigenvalue weighted by Crippen LogP contribution is 2.66. The van der Waals surface area contributed by atoms with Crippen molar-refractivity contribution in [2.45, 2.75) is 24.5 Å². The summed E-state index contributed by atoms with van der Waals surface area (Å²) >= 11 is 0. The number of imidazole rings is 1. The molecule has 3 heterocycles. The maximum Gasteiger partial charge on any atom is 0.490 e. The lowest BCUT2D eigenvalue weighted by atomic mass is 10.1. The zero-order valence-electron chi connectivity index (χ0n) is 16.4. The van der Waals surface area contributed by atoms with Gasteiger partial charge in [-0.05, 0) is 0 Å². The molecule has 0 bridgehead atoms. The van der Waals surface area contributed by atoms with E-state index < -0.39 is 54.6 Å². The Hall–Kier alpha value is -1.56. The van der Waals surface area contributed by atoms with Crippen LogP contribution in [0.15, 0.2) is 6.33 Å². The quantitative estimate of drug-likeness (QED) is 0.181. The minimum atomic E-state index is -5.70. The van der Waals surface area contributed by atoms with Gasteiger partial charge in [-0.1, -0.05) is 0 Å². The van der Waals surface area contributed by atoms with Gasteiger partial charge in [-0.3, -0.25) is 9.09 Å². The van der Waals surface area contributed by atoms with Gasteiger partial charge < -0.3 is 45.6 Å². The average Bonchev–Trinajstić information content (AvgIpc) is 3.17. The number of nitrogens with zero attached hydrogens (tertiary/aromatic N) is 4. The van der Waals surface area contributed by atoms with Crippen molar-refractivity contribution in [3.05, 3.63) is 6.33 Å². The summed E-state index contributed by atoms with van der Waals surface area (Å²) in [6.07, 6.45) is -3.78. The van der Waals surface area contributed by atoms with E-state index in [1.165, 1.54) is 18.0 Å². The van der Waals surface area contributed by atoms with Gasteiger partial charge in [0.2, 0.25) is 5.95 Å². The molecule has 1 aliphatic rings. The van der Waals surface area contributed by atoms with Crippen LogP contribution >= 0.6 is 23.5 Å². The van der Waals surface area contributed by atoms with Crippen LogP contribution in [0.5, 0.6) is 0 Å². The van der Waals surface area contributed by atoms with Crippen molar-refractivity contribution < 1.29 is 61.0 Å². The Labute approximate surface area is 183 Å². The maximum absolute atomic E-state index is 11.9. The van der Waals surface area contributed by atoms with Gasteiger partial charge in [-0.2, -0.15) is 18.6 Å². The van der Waals surface area contributed by atoms with Crippen molar-refractivity contribution in [3.63, 3.8) is 0 Å². The Morgan fingerprint density at radius 1 is 1.12 bits per heavy atom. The summed E-state index contributed by atoms with van der Waals surface area (Å²) < 4.78 is 57.9. The highest BCUT2D eigenvalue weighted by molar-refractivity contribution is 7.66. The van der Waals surface area contributed by atoms with E-state index in [0.717, 1.165) is 0 Å². The van der Waals surface area contributed by atoms with Gasteiger partial charge in [0.25, 0.3) is 0 Å². The summed E-state index contributed by atoms with van der Waals surface area (Å²) in [5, 5.41) is 10.5. The molecule has 6 atom stereocenters. The molecule has 186 valence electrons. The number of ether oxygens (including phenoxy) is 2. The molecule has 0 aromatic carbocycles. The second kappa shape index (κ2) is 9.24. The number of methoxy groups -OCH3 is 1. The number of anilines is 2. The Kier molecular flexibility index (Phi) is 7.29. The molecular formula is C11H19N6O13P3. The van der Waals surface area contributed by atoms with Gasteiger partial charge in [0.05, 0.1) is 12.9 Å². The normalized spacial score (nSPS) is 27.5. The van der Waals surface area contributed by atoms with Gasteiger partial charge in [0, 0.05) is 7.11 Å². The Morgan fingerprint density at radius 2 is 1.79 bits per heavy atom. The van der Waals surface area contributed by atoms with E-state index in [9.17, 15) is 28.6 Å². The summed E-state index contributed by atoms with van der Waals surface area (Å²) in [6, 6.07) is 0. The molecule has 3 rings (SSSR count). The first kappa shape index (κ1) is 26.1. The lowest BCUT2D eigenvalue weighted by molar-refractivity contribution is -0.0577. The van der Waals surface area contributed by atoms with Crippen LogP contribution in [0.25, 0.3) is 11.2 Å². The van der Waals surface area contributed by atoms with Crippen LogP contribution in [0.3, 0.4) is 0 Å². The monoisotopic (exact) mass is 536 g/mol. The van der Waals surface area contributed by atoms with Crippen LogP contribution in [0, 0.1) is 0 Å². The highest BCUT2D eigenvalue weighted by atomic mass is 31.3. The van der Waals surface area contributed by atoms with Crippen LogP contribution in [0.1, 0.15) is 6.23 Å². The number of aliphatic hydroxyl groups is 1. The number of phosphoric acid groups is 3. The summed E-state index contributed by atoms with van der Waals surface area (Å²) in [6.45, 7) is -0.896. The zero-order valence-corrected chi connectivity index (χ0v) is 19.1. The molecule has 1 aliphatic heterocycles. The summed E-state index contributed by atoms with van der Waals surface area (Å²) in [4.78, 5) is 47.7. The van der Waals surface area contributed by atoms with Crippen LogP contribution < -0.4 is 11.5 Å². The number of nitrogens with two attached hydrogens (primary N) is 2. The molecule has 0 saturated carbocycles. The Bertz CT molecular complexity index is 1170. The third kappa shape index (κ3) is 6.12. The predicted octanol–water partition coefficient (Wildman–Crippen LogP) is -1.39.